The van der Waals surface area contributed by atoms with E-state index in [1.807, 2.05) is 13.8 Å². The van der Waals surface area contributed by atoms with Gasteiger partial charge in [0, 0.05) is 26.2 Å². The van der Waals surface area contributed by atoms with Crippen LogP contribution in [0.2, 0.25) is 0 Å². The van der Waals surface area contributed by atoms with Crippen LogP contribution in [-0.2, 0) is 9.53 Å². The van der Waals surface area contributed by atoms with Crippen molar-refractivity contribution in [2.24, 2.45) is 0 Å². The van der Waals surface area contributed by atoms with Gasteiger partial charge in [-0.2, -0.15) is 0 Å². The molecule has 1 saturated heterocycles. The van der Waals surface area contributed by atoms with E-state index in [1.165, 1.54) is 4.90 Å². The van der Waals surface area contributed by atoms with Gasteiger partial charge >= 0.3 is 12.0 Å². The van der Waals surface area contributed by atoms with Crippen LogP contribution in [-0.4, -0.2) is 65.8 Å². The number of amides is 2. The molecule has 104 valence electrons. The molecule has 1 fully saturated rings. The van der Waals surface area contributed by atoms with Crippen molar-refractivity contribution < 1.29 is 19.4 Å². The number of likely N-dealkylation sites (tertiary alicyclic amines) is 1. The van der Waals surface area contributed by atoms with Crippen LogP contribution in [0.15, 0.2) is 0 Å². The van der Waals surface area contributed by atoms with E-state index in [-0.39, 0.29) is 12.1 Å². The van der Waals surface area contributed by atoms with Gasteiger partial charge < -0.3 is 19.6 Å². The molecule has 0 aromatic rings. The Bertz CT molecular complexity index is 306. The first-order valence-electron chi connectivity index (χ1n) is 6.28. The number of hydrogen-bond acceptors (Lipinski definition) is 3. The predicted molar refractivity (Wildman–Crippen MR) is 66.5 cm³/mol. The lowest BCUT2D eigenvalue weighted by Gasteiger charge is -2.32. The third-order valence-corrected chi connectivity index (χ3v) is 3.19. The molecule has 0 unspecified atom stereocenters. The summed E-state index contributed by atoms with van der Waals surface area (Å²) in [6.07, 6.45) is 1.29. The number of hydrogen-bond donors (Lipinski definition) is 1. The van der Waals surface area contributed by atoms with E-state index in [0.717, 1.165) is 6.42 Å². The minimum absolute atomic E-state index is 0.0303. The highest BCUT2D eigenvalue weighted by Crippen LogP contribution is 2.20. The van der Waals surface area contributed by atoms with E-state index in [2.05, 4.69) is 0 Å². The van der Waals surface area contributed by atoms with Gasteiger partial charge in [0.1, 0.15) is 6.04 Å². The first-order chi connectivity index (χ1) is 8.49. The number of urea groups is 1. The number of carboxylic acid groups (broad SMARTS) is 1. The molecule has 1 heterocycles. The molecule has 0 aromatic carbocycles. The Hall–Kier alpha value is -1.30. The van der Waals surface area contributed by atoms with Crippen molar-refractivity contribution in [1.82, 2.24) is 9.80 Å². The molecule has 0 radical (unpaired) electrons. The number of rotatable bonds is 5. The molecule has 1 rings (SSSR count). The summed E-state index contributed by atoms with van der Waals surface area (Å²) < 4.78 is 4.98. The number of ether oxygens (including phenoxy) is 1. The summed E-state index contributed by atoms with van der Waals surface area (Å²) in [5, 5.41) is 9.09. The number of carboxylic acids is 1. The molecule has 1 aliphatic rings. The first-order valence-corrected chi connectivity index (χ1v) is 6.28. The number of methoxy groups -OCH3 is 1. The quantitative estimate of drug-likeness (QED) is 0.799. The largest absolute Gasteiger partial charge is 0.480 e. The summed E-state index contributed by atoms with van der Waals surface area (Å²) in [5.41, 5.74) is 0. The van der Waals surface area contributed by atoms with Crippen molar-refractivity contribution >= 4 is 12.0 Å². The maximum atomic E-state index is 12.3. The molecular weight excluding hydrogens is 236 g/mol. The maximum absolute atomic E-state index is 12.3. The molecule has 2 amide bonds. The fourth-order valence-electron chi connectivity index (χ4n) is 2.18. The van der Waals surface area contributed by atoms with Crippen molar-refractivity contribution in [1.29, 1.82) is 0 Å². The predicted octanol–water partition coefficient (Wildman–Crippen LogP) is 1.01. The zero-order valence-electron chi connectivity index (χ0n) is 11.3. The van der Waals surface area contributed by atoms with Crippen molar-refractivity contribution in [3.63, 3.8) is 0 Å². The second-order valence-electron chi connectivity index (χ2n) is 4.75. The Kier molecular flexibility index (Phi) is 5.40. The Morgan fingerprint density at radius 1 is 1.50 bits per heavy atom. The van der Waals surface area contributed by atoms with E-state index in [0.29, 0.717) is 26.1 Å². The lowest BCUT2D eigenvalue weighted by Crippen LogP contribution is -2.51. The zero-order valence-corrected chi connectivity index (χ0v) is 11.3. The SMILES string of the molecule is COCCN(C(=O)N1CCC[C@@H]1C(=O)O)C(C)C. The molecule has 1 N–H and O–H groups in total. The standard InChI is InChI=1S/C12H22N2O4/c1-9(2)13(7-8-18-3)12(17)14-6-4-5-10(14)11(15)16/h9-10H,4-8H2,1-3H3,(H,15,16)/t10-/m1/s1. The van der Waals surface area contributed by atoms with E-state index < -0.39 is 12.0 Å². The minimum Gasteiger partial charge on any atom is -0.480 e. The van der Waals surface area contributed by atoms with E-state index in [4.69, 9.17) is 9.84 Å². The van der Waals surface area contributed by atoms with Gasteiger partial charge in [0.05, 0.1) is 6.61 Å². The molecule has 0 saturated carbocycles. The fourth-order valence-corrected chi connectivity index (χ4v) is 2.18. The van der Waals surface area contributed by atoms with E-state index in [9.17, 15) is 9.59 Å². The van der Waals surface area contributed by atoms with Gasteiger partial charge in [0.15, 0.2) is 0 Å². The second kappa shape index (κ2) is 6.58. The summed E-state index contributed by atoms with van der Waals surface area (Å²) in [7, 11) is 1.58. The van der Waals surface area contributed by atoms with Crippen LogP contribution in [0.1, 0.15) is 26.7 Å². The number of carbonyl (C=O) groups is 2. The molecule has 6 nitrogen and oxygen atoms in total. The van der Waals surface area contributed by atoms with Crippen LogP contribution < -0.4 is 0 Å². The summed E-state index contributed by atoms with van der Waals surface area (Å²) in [4.78, 5) is 26.5. The van der Waals surface area contributed by atoms with Gasteiger partial charge in [0.25, 0.3) is 0 Å². The third-order valence-electron chi connectivity index (χ3n) is 3.19. The Morgan fingerprint density at radius 3 is 2.67 bits per heavy atom. The smallest absolute Gasteiger partial charge is 0.326 e. The van der Waals surface area contributed by atoms with Crippen molar-refractivity contribution in [2.75, 3.05) is 26.8 Å². The maximum Gasteiger partial charge on any atom is 0.326 e. The first kappa shape index (κ1) is 14.8. The van der Waals surface area contributed by atoms with Crippen LogP contribution in [0.5, 0.6) is 0 Å². The van der Waals surface area contributed by atoms with E-state index in [1.54, 1.807) is 12.0 Å². The molecule has 1 atom stereocenters. The van der Waals surface area contributed by atoms with Gasteiger partial charge in [-0.05, 0) is 26.7 Å². The lowest BCUT2D eigenvalue weighted by atomic mass is 10.2. The van der Waals surface area contributed by atoms with Gasteiger partial charge in [-0.1, -0.05) is 0 Å². The molecule has 6 heteroatoms. The summed E-state index contributed by atoms with van der Waals surface area (Å²) in [6, 6.07) is -0.851. The molecular formula is C12H22N2O4. The Balaban J connectivity index is 2.72. The third kappa shape index (κ3) is 3.35. The second-order valence-corrected chi connectivity index (χ2v) is 4.75. The molecule has 0 spiro atoms. The Labute approximate surface area is 107 Å². The summed E-state index contributed by atoms with van der Waals surface area (Å²) in [6.45, 7) is 5.29. The summed E-state index contributed by atoms with van der Waals surface area (Å²) >= 11 is 0. The van der Waals surface area contributed by atoms with Gasteiger partial charge in [-0.25, -0.2) is 9.59 Å². The topological polar surface area (TPSA) is 70.1 Å². The highest BCUT2D eigenvalue weighted by Gasteiger charge is 2.36. The van der Waals surface area contributed by atoms with Gasteiger partial charge in [0.2, 0.25) is 0 Å². The highest BCUT2D eigenvalue weighted by molar-refractivity contribution is 5.83. The van der Waals surface area contributed by atoms with Crippen LogP contribution in [0.4, 0.5) is 4.79 Å². The molecule has 18 heavy (non-hydrogen) atoms. The molecule has 0 aromatic heterocycles. The molecule has 0 aliphatic carbocycles. The van der Waals surface area contributed by atoms with Crippen LogP contribution >= 0.6 is 0 Å². The molecule has 0 bridgehead atoms. The number of aliphatic carboxylic acids is 1. The zero-order chi connectivity index (χ0) is 13.7. The van der Waals surface area contributed by atoms with Crippen molar-refractivity contribution in [3.05, 3.63) is 0 Å². The Morgan fingerprint density at radius 2 is 2.17 bits per heavy atom. The van der Waals surface area contributed by atoms with Crippen LogP contribution in [0, 0.1) is 0 Å². The normalized spacial score (nSPS) is 19.3. The lowest BCUT2D eigenvalue weighted by molar-refractivity contribution is -0.141. The minimum atomic E-state index is -0.920. The highest BCUT2D eigenvalue weighted by atomic mass is 16.5. The van der Waals surface area contributed by atoms with Crippen LogP contribution in [0.3, 0.4) is 0 Å². The van der Waals surface area contributed by atoms with Crippen LogP contribution in [0.25, 0.3) is 0 Å². The van der Waals surface area contributed by atoms with Gasteiger partial charge in [-0.15, -0.1) is 0 Å². The fraction of sp³-hybridized carbons (Fsp3) is 0.833. The number of nitrogens with zero attached hydrogens (tertiary/aromatic N) is 2. The average molecular weight is 258 g/mol. The van der Waals surface area contributed by atoms with E-state index >= 15 is 0 Å². The van der Waals surface area contributed by atoms with Crippen molar-refractivity contribution in [2.45, 2.75) is 38.8 Å². The monoisotopic (exact) mass is 258 g/mol. The van der Waals surface area contributed by atoms with Gasteiger partial charge in [-0.3, -0.25) is 0 Å². The summed E-state index contributed by atoms with van der Waals surface area (Å²) in [5.74, 6) is -0.920. The average Bonchev–Trinajstić information content (AvgIpc) is 2.77. The van der Waals surface area contributed by atoms with Crippen molar-refractivity contribution in [3.8, 4) is 0 Å². The number of carbonyl (C=O) groups excluding carboxylic acids is 1. The molecule has 1 aliphatic heterocycles.